The molecule has 0 unspecified atom stereocenters. The Kier molecular flexibility index (Phi) is 5.72. The van der Waals surface area contributed by atoms with E-state index in [0.29, 0.717) is 12.1 Å². The normalized spacial score (nSPS) is 11.9. The van der Waals surface area contributed by atoms with Crippen LogP contribution < -0.4 is 5.32 Å². The predicted molar refractivity (Wildman–Crippen MR) is 66.2 cm³/mol. The molecule has 0 aliphatic heterocycles. The number of alkyl carbamates (subject to hydrolysis) is 1. The van der Waals surface area contributed by atoms with Gasteiger partial charge in [-0.05, 0) is 18.4 Å². The molecule has 0 aliphatic rings. The van der Waals surface area contributed by atoms with E-state index >= 15 is 0 Å². The number of aliphatic carboxylic acids is 1. The monoisotopic (exact) mass is 267 g/mol. The number of hydrogen-bond acceptors (Lipinski definition) is 5. The van der Waals surface area contributed by atoms with E-state index in [1.54, 1.807) is 6.07 Å². The number of amides is 1. The maximum absolute atomic E-state index is 11.5. The third kappa shape index (κ3) is 5.80. The van der Waals surface area contributed by atoms with Crippen LogP contribution in [0.4, 0.5) is 4.79 Å². The highest BCUT2D eigenvalue weighted by atomic mass is 16.5. The molecule has 19 heavy (non-hydrogen) atoms. The zero-order valence-corrected chi connectivity index (χ0v) is 10.9. The van der Waals surface area contributed by atoms with Crippen molar-refractivity contribution < 1.29 is 19.4 Å². The molecule has 0 aromatic carbocycles. The van der Waals surface area contributed by atoms with Gasteiger partial charge in [-0.2, -0.15) is 0 Å². The molecule has 1 aromatic rings. The van der Waals surface area contributed by atoms with Crippen molar-refractivity contribution in [1.82, 2.24) is 15.3 Å². The van der Waals surface area contributed by atoms with E-state index in [1.807, 2.05) is 13.8 Å². The maximum Gasteiger partial charge on any atom is 0.408 e. The lowest BCUT2D eigenvalue weighted by atomic mass is 10.0. The summed E-state index contributed by atoms with van der Waals surface area (Å²) in [5.74, 6) is -0.920. The Balaban J connectivity index is 2.42. The molecule has 0 bridgehead atoms. The van der Waals surface area contributed by atoms with Crippen molar-refractivity contribution in [1.29, 1.82) is 0 Å². The van der Waals surface area contributed by atoms with Gasteiger partial charge in [0, 0.05) is 6.20 Å². The quantitative estimate of drug-likeness (QED) is 0.803. The van der Waals surface area contributed by atoms with Gasteiger partial charge in [-0.25, -0.2) is 19.6 Å². The lowest BCUT2D eigenvalue weighted by Gasteiger charge is -2.16. The molecular weight excluding hydrogens is 250 g/mol. The van der Waals surface area contributed by atoms with Crippen molar-refractivity contribution in [2.45, 2.75) is 32.9 Å². The third-order valence-electron chi connectivity index (χ3n) is 2.29. The Morgan fingerprint density at radius 2 is 2.21 bits per heavy atom. The molecule has 2 N–H and O–H groups in total. The summed E-state index contributed by atoms with van der Waals surface area (Å²) in [6.45, 7) is 3.73. The SMILES string of the molecule is CC(C)C[C@H](NC(=O)OCc1ccncn1)C(=O)O. The fraction of sp³-hybridized carbons (Fsp3) is 0.500. The number of rotatable bonds is 6. The Morgan fingerprint density at radius 1 is 1.47 bits per heavy atom. The van der Waals surface area contributed by atoms with Crippen molar-refractivity contribution in [3.63, 3.8) is 0 Å². The summed E-state index contributed by atoms with van der Waals surface area (Å²) in [7, 11) is 0. The minimum absolute atomic E-state index is 0.0254. The zero-order chi connectivity index (χ0) is 14.3. The average Bonchev–Trinajstić information content (AvgIpc) is 2.36. The Hall–Kier alpha value is -2.18. The van der Waals surface area contributed by atoms with Crippen LogP contribution in [0, 0.1) is 5.92 Å². The van der Waals surface area contributed by atoms with Crippen molar-refractivity contribution in [2.75, 3.05) is 0 Å². The van der Waals surface area contributed by atoms with Crippen molar-refractivity contribution in [2.24, 2.45) is 5.92 Å². The summed E-state index contributed by atoms with van der Waals surface area (Å²) in [5, 5.41) is 11.3. The van der Waals surface area contributed by atoms with Crippen LogP contribution in [0.2, 0.25) is 0 Å². The molecule has 7 heteroatoms. The number of nitrogens with one attached hydrogen (secondary N) is 1. The molecule has 0 fully saturated rings. The molecule has 1 amide bonds. The largest absolute Gasteiger partial charge is 0.480 e. The van der Waals surface area contributed by atoms with Crippen LogP contribution >= 0.6 is 0 Å². The van der Waals surface area contributed by atoms with Crippen LogP contribution in [0.3, 0.4) is 0 Å². The second-order valence-corrected chi connectivity index (χ2v) is 4.44. The maximum atomic E-state index is 11.5. The Bertz CT molecular complexity index is 422. The van der Waals surface area contributed by atoms with Gasteiger partial charge in [-0.3, -0.25) is 0 Å². The molecule has 0 saturated heterocycles. The molecule has 0 spiro atoms. The van der Waals surface area contributed by atoms with Crippen LogP contribution in [0.15, 0.2) is 18.6 Å². The minimum atomic E-state index is -1.08. The molecule has 1 rings (SSSR count). The smallest absolute Gasteiger partial charge is 0.408 e. The number of aromatic nitrogens is 2. The van der Waals surface area contributed by atoms with Gasteiger partial charge in [-0.1, -0.05) is 13.8 Å². The summed E-state index contributed by atoms with van der Waals surface area (Å²) in [6.07, 6.45) is 2.45. The number of nitrogens with zero attached hydrogens (tertiary/aromatic N) is 2. The highest BCUT2D eigenvalue weighted by Crippen LogP contribution is 2.05. The first kappa shape index (κ1) is 14.9. The molecule has 0 aliphatic carbocycles. The van der Waals surface area contributed by atoms with E-state index in [2.05, 4.69) is 15.3 Å². The number of carbonyl (C=O) groups excluding carboxylic acids is 1. The number of ether oxygens (including phenoxy) is 1. The van der Waals surface area contributed by atoms with E-state index < -0.39 is 18.1 Å². The van der Waals surface area contributed by atoms with Gasteiger partial charge in [0.1, 0.15) is 19.0 Å². The second kappa shape index (κ2) is 7.30. The zero-order valence-electron chi connectivity index (χ0n) is 10.9. The summed E-state index contributed by atoms with van der Waals surface area (Å²) < 4.78 is 4.89. The topological polar surface area (TPSA) is 101 Å². The van der Waals surface area contributed by atoms with Crippen molar-refractivity contribution >= 4 is 12.1 Å². The first-order valence-electron chi connectivity index (χ1n) is 5.90. The van der Waals surface area contributed by atoms with E-state index in [9.17, 15) is 9.59 Å². The molecule has 0 saturated carbocycles. The van der Waals surface area contributed by atoms with Crippen LogP contribution in [-0.4, -0.2) is 33.2 Å². The standard InChI is InChI=1S/C12H17N3O4/c1-8(2)5-10(11(16)17)15-12(18)19-6-9-3-4-13-7-14-9/h3-4,7-8,10H,5-6H2,1-2H3,(H,15,18)(H,16,17)/t10-/m0/s1. The highest BCUT2D eigenvalue weighted by Gasteiger charge is 2.21. The lowest BCUT2D eigenvalue weighted by Crippen LogP contribution is -2.41. The molecule has 0 radical (unpaired) electrons. The second-order valence-electron chi connectivity index (χ2n) is 4.44. The first-order chi connectivity index (χ1) is 8.99. The van der Waals surface area contributed by atoms with Crippen molar-refractivity contribution in [3.8, 4) is 0 Å². The number of carboxylic acid groups (broad SMARTS) is 1. The highest BCUT2D eigenvalue weighted by molar-refractivity contribution is 5.79. The molecule has 7 nitrogen and oxygen atoms in total. The van der Waals surface area contributed by atoms with Crippen LogP contribution in [0.5, 0.6) is 0 Å². The van der Waals surface area contributed by atoms with Crippen LogP contribution in [0.1, 0.15) is 26.0 Å². The molecule has 1 heterocycles. The van der Waals surface area contributed by atoms with E-state index in [0.717, 1.165) is 0 Å². The van der Waals surface area contributed by atoms with Crippen molar-refractivity contribution in [3.05, 3.63) is 24.3 Å². The number of hydrogen-bond donors (Lipinski definition) is 2. The summed E-state index contributed by atoms with van der Waals surface area (Å²) >= 11 is 0. The average molecular weight is 267 g/mol. The molecule has 1 aromatic heterocycles. The fourth-order valence-electron chi connectivity index (χ4n) is 1.42. The van der Waals surface area contributed by atoms with Gasteiger partial charge in [0.15, 0.2) is 0 Å². The van der Waals surface area contributed by atoms with Gasteiger partial charge in [0.05, 0.1) is 5.69 Å². The lowest BCUT2D eigenvalue weighted by molar-refractivity contribution is -0.139. The van der Waals surface area contributed by atoms with E-state index in [-0.39, 0.29) is 12.5 Å². The summed E-state index contributed by atoms with van der Waals surface area (Å²) in [5.41, 5.74) is 0.542. The molecular formula is C12H17N3O4. The molecule has 1 atom stereocenters. The number of carboxylic acids is 1. The number of carbonyl (C=O) groups is 2. The minimum Gasteiger partial charge on any atom is -0.480 e. The third-order valence-corrected chi connectivity index (χ3v) is 2.29. The summed E-state index contributed by atoms with van der Waals surface area (Å²) in [4.78, 5) is 30.0. The Labute approximate surface area is 111 Å². The fourth-order valence-corrected chi connectivity index (χ4v) is 1.42. The van der Waals surface area contributed by atoms with Gasteiger partial charge < -0.3 is 15.2 Å². The van der Waals surface area contributed by atoms with Gasteiger partial charge in [0.2, 0.25) is 0 Å². The van der Waals surface area contributed by atoms with Crippen LogP contribution in [-0.2, 0) is 16.1 Å². The van der Waals surface area contributed by atoms with Crippen LogP contribution in [0.25, 0.3) is 0 Å². The first-order valence-corrected chi connectivity index (χ1v) is 5.90. The van der Waals surface area contributed by atoms with E-state index in [4.69, 9.17) is 9.84 Å². The van der Waals surface area contributed by atoms with E-state index in [1.165, 1.54) is 12.5 Å². The van der Waals surface area contributed by atoms with Gasteiger partial charge in [-0.15, -0.1) is 0 Å². The molecule has 104 valence electrons. The summed E-state index contributed by atoms with van der Waals surface area (Å²) in [6, 6.07) is 0.661. The van der Waals surface area contributed by atoms with Gasteiger partial charge in [0.25, 0.3) is 0 Å². The predicted octanol–water partition coefficient (Wildman–Crippen LogP) is 1.20. The van der Waals surface area contributed by atoms with Gasteiger partial charge >= 0.3 is 12.1 Å². The Morgan fingerprint density at radius 3 is 2.74 bits per heavy atom.